The molecule has 4 rings (SSSR count). The summed E-state index contributed by atoms with van der Waals surface area (Å²) in [6, 6.07) is 20.6. The standard InChI is InChI=1S/C28H32N4O2/c1-19(2)32-16-15-25-24(17-23(18-32)28(33)34-4)27(29-20(3)21-11-7-5-8-12-21)31-26(30-25)22-13-9-6-10-14-22/h5-14,18-20H,15-17H2,1-4H3,(H,29,30,31). The molecule has 0 fully saturated rings. The van der Waals surface area contributed by atoms with Crippen LogP contribution in [0.5, 0.6) is 0 Å². The van der Waals surface area contributed by atoms with E-state index in [1.54, 1.807) is 0 Å². The van der Waals surface area contributed by atoms with E-state index in [4.69, 9.17) is 14.7 Å². The number of ether oxygens (including phenoxy) is 1. The monoisotopic (exact) mass is 456 g/mol. The van der Waals surface area contributed by atoms with Gasteiger partial charge in [0.1, 0.15) is 5.82 Å². The third kappa shape index (κ3) is 5.28. The SMILES string of the molecule is COC(=O)C1=CN(C(C)C)CCc2nc(-c3ccccc3)nc(NC(C)c3ccccc3)c2C1. The Morgan fingerprint density at radius 2 is 1.68 bits per heavy atom. The largest absolute Gasteiger partial charge is 0.466 e. The maximum absolute atomic E-state index is 12.7. The molecule has 2 aromatic carbocycles. The van der Waals surface area contributed by atoms with Crippen molar-refractivity contribution in [3.63, 3.8) is 0 Å². The number of carbonyl (C=O) groups is 1. The van der Waals surface area contributed by atoms with Gasteiger partial charge in [-0.2, -0.15) is 0 Å². The van der Waals surface area contributed by atoms with Gasteiger partial charge in [-0.1, -0.05) is 60.7 Å². The highest BCUT2D eigenvalue weighted by molar-refractivity contribution is 5.89. The summed E-state index contributed by atoms with van der Waals surface area (Å²) in [7, 11) is 1.42. The quantitative estimate of drug-likeness (QED) is 0.516. The minimum Gasteiger partial charge on any atom is -0.466 e. The van der Waals surface area contributed by atoms with Crippen LogP contribution in [0.4, 0.5) is 5.82 Å². The topological polar surface area (TPSA) is 67.3 Å². The lowest BCUT2D eigenvalue weighted by Gasteiger charge is -2.29. The zero-order chi connectivity index (χ0) is 24.1. The molecule has 6 nitrogen and oxygen atoms in total. The molecule has 3 aromatic rings. The zero-order valence-electron chi connectivity index (χ0n) is 20.3. The Balaban J connectivity index is 1.82. The summed E-state index contributed by atoms with van der Waals surface area (Å²) in [6.07, 6.45) is 3.11. The number of carbonyl (C=O) groups excluding carboxylic acids is 1. The van der Waals surface area contributed by atoms with Crippen LogP contribution in [0.15, 0.2) is 72.4 Å². The first-order valence-corrected chi connectivity index (χ1v) is 11.8. The number of benzene rings is 2. The first-order chi connectivity index (χ1) is 16.5. The van der Waals surface area contributed by atoms with Crippen LogP contribution < -0.4 is 5.32 Å². The van der Waals surface area contributed by atoms with E-state index < -0.39 is 0 Å². The summed E-state index contributed by atoms with van der Waals surface area (Å²) in [5.41, 5.74) is 4.63. The van der Waals surface area contributed by atoms with Crippen molar-refractivity contribution in [3.05, 3.63) is 89.3 Å². The number of aromatic nitrogens is 2. The van der Waals surface area contributed by atoms with E-state index in [1.807, 2.05) is 54.7 Å². The molecule has 6 heteroatoms. The molecule has 0 bridgehead atoms. The van der Waals surface area contributed by atoms with Gasteiger partial charge in [-0.3, -0.25) is 0 Å². The fraction of sp³-hybridized carbons (Fsp3) is 0.321. The summed E-state index contributed by atoms with van der Waals surface area (Å²) >= 11 is 0. The summed E-state index contributed by atoms with van der Waals surface area (Å²) in [4.78, 5) is 24.8. The molecule has 1 aliphatic rings. The highest BCUT2D eigenvalue weighted by atomic mass is 16.5. The van der Waals surface area contributed by atoms with Gasteiger partial charge >= 0.3 is 5.97 Å². The maximum atomic E-state index is 12.7. The van der Waals surface area contributed by atoms with Gasteiger partial charge in [-0.05, 0) is 26.3 Å². The average Bonchev–Trinajstić information content (AvgIpc) is 2.85. The van der Waals surface area contributed by atoms with Crippen LogP contribution in [0.3, 0.4) is 0 Å². The first-order valence-electron chi connectivity index (χ1n) is 11.8. The Labute approximate surface area is 201 Å². The predicted octanol–water partition coefficient (Wildman–Crippen LogP) is 5.18. The molecule has 0 saturated carbocycles. The van der Waals surface area contributed by atoms with Crippen LogP contribution in [0.25, 0.3) is 11.4 Å². The van der Waals surface area contributed by atoms with Gasteiger partial charge in [-0.15, -0.1) is 0 Å². The van der Waals surface area contributed by atoms with E-state index in [-0.39, 0.29) is 18.1 Å². The summed E-state index contributed by atoms with van der Waals surface area (Å²) < 4.78 is 5.12. The van der Waals surface area contributed by atoms with Crippen LogP contribution in [0.2, 0.25) is 0 Å². The van der Waals surface area contributed by atoms with Crippen molar-refractivity contribution in [1.82, 2.24) is 14.9 Å². The molecular formula is C28H32N4O2. The molecule has 0 spiro atoms. The van der Waals surface area contributed by atoms with Crippen molar-refractivity contribution < 1.29 is 9.53 Å². The lowest BCUT2D eigenvalue weighted by Crippen LogP contribution is -2.31. The van der Waals surface area contributed by atoms with E-state index in [2.05, 4.69) is 43.1 Å². The lowest BCUT2D eigenvalue weighted by atomic mass is 9.99. The number of anilines is 1. The Kier molecular flexibility index (Phi) is 7.26. The van der Waals surface area contributed by atoms with Crippen LogP contribution in [0.1, 0.15) is 43.6 Å². The van der Waals surface area contributed by atoms with Crippen LogP contribution in [-0.2, 0) is 22.4 Å². The van der Waals surface area contributed by atoms with Gasteiger partial charge in [-0.25, -0.2) is 14.8 Å². The van der Waals surface area contributed by atoms with Gasteiger partial charge < -0.3 is 15.0 Å². The highest BCUT2D eigenvalue weighted by Gasteiger charge is 2.25. The second-order valence-corrected chi connectivity index (χ2v) is 8.87. The summed E-state index contributed by atoms with van der Waals surface area (Å²) in [6.45, 7) is 7.12. The number of esters is 1. The molecule has 1 aromatic heterocycles. The molecule has 176 valence electrons. The molecule has 0 saturated heterocycles. The Bertz CT molecular complexity index is 1160. The average molecular weight is 457 g/mol. The van der Waals surface area contributed by atoms with Crippen molar-refractivity contribution in [1.29, 1.82) is 0 Å². The second kappa shape index (κ2) is 10.5. The van der Waals surface area contributed by atoms with Crippen LogP contribution in [0, 0.1) is 0 Å². The molecule has 1 unspecified atom stereocenters. The second-order valence-electron chi connectivity index (χ2n) is 8.87. The van der Waals surface area contributed by atoms with Crippen LogP contribution in [-0.4, -0.2) is 40.5 Å². The van der Waals surface area contributed by atoms with Crippen molar-refractivity contribution in [2.24, 2.45) is 0 Å². The Hall–Kier alpha value is -3.67. The maximum Gasteiger partial charge on any atom is 0.335 e. The summed E-state index contributed by atoms with van der Waals surface area (Å²) in [5, 5.41) is 3.61. The first kappa shape index (κ1) is 23.5. The molecule has 34 heavy (non-hydrogen) atoms. The fourth-order valence-corrected chi connectivity index (χ4v) is 4.19. The number of hydrogen-bond donors (Lipinski definition) is 1. The normalized spacial score (nSPS) is 14.5. The van der Waals surface area contributed by atoms with Gasteiger partial charge in [0.25, 0.3) is 0 Å². The smallest absolute Gasteiger partial charge is 0.335 e. The minimum atomic E-state index is -0.326. The third-order valence-electron chi connectivity index (χ3n) is 6.18. The number of rotatable bonds is 6. The highest BCUT2D eigenvalue weighted by Crippen LogP contribution is 2.30. The zero-order valence-corrected chi connectivity index (χ0v) is 20.3. The molecule has 2 heterocycles. The Morgan fingerprint density at radius 1 is 1.00 bits per heavy atom. The van der Waals surface area contributed by atoms with Crippen molar-refractivity contribution in [2.75, 3.05) is 19.0 Å². The van der Waals surface area contributed by atoms with Gasteiger partial charge in [0.05, 0.1) is 18.4 Å². The van der Waals surface area contributed by atoms with Crippen molar-refractivity contribution in [2.45, 2.75) is 45.7 Å². The van der Waals surface area contributed by atoms with E-state index in [0.29, 0.717) is 17.8 Å². The lowest BCUT2D eigenvalue weighted by molar-refractivity contribution is -0.136. The molecule has 0 aliphatic carbocycles. The third-order valence-corrected chi connectivity index (χ3v) is 6.18. The molecular weight excluding hydrogens is 424 g/mol. The molecule has 1 aliphatic heterocycles. The van der Waals surface area contributed by atoms with Crippen molar-refractivity contribution >= 4 is 11.8 Å². The molecule has 1 N–H and O–H groups in total. The van der Waals surface area contributed by atoms with Gasteiger partial charge in [0, 0.05) is 48.8 Å². The predicted molar refractivity (Wildman–Crippen MR) is 135 cm³/mol. The van der Waals surface area contributed by atoms with Gasteiger partial charge in [0.15, 0.2) is 5.82 Å². The van der Waals surface area contributed by atoms with E-state index in [9.17, 15) is 4.79 Å². The van der Waals surface area contributed by atoms with Gasteiger partial charge in [0.2, 0.25) is 0 Å². The number of nitrogens with zero attached hydrogens (tertiary/aromatic N) is 3. The Morgan fingerprint density at radius 3 is 2.32 bits per heavy atom. The molecule has 1 atom stereocenters. The summed E-state index contributed by atoms with van der Waals surface area (Å²) in [5.74, 6) is 1.11. The number of fused-ring (bicyclic) bond motifs is 1. The molecule has 0 amide bonds. The minimum absolute atomic E-state index is 0.0342. The molecule has 0 radical (unpaired) electrons. The fourth-order valence-electron chi connectivity index (χ4n) is 4.19. The number of nitrogens with one attached hydrogen (secondary N) is 1. The number of hydrogen-bond acceptors (Lipinski definition) is 6. The van der Waals surface area contributed by atoms with E-state index in [1.165, 1.54) is 7.11 Å². The van der Waals surface area contributed by atoms with E-state index >= 15 is 0 Å². The number of methoxy groups -OCH3 is 1. The van der Waals surface area contributed by atoms with Crippen LogP contribution >= 0.6 is 0 Å². The van der Waals surface area contributed by atoms with Crippen molar-refractivity contribution in [3.8, 4) is 11.4 Å². The van der Waals surface area contributed by atoms with E-state index in [0.717, 1.165) is 41.2 Å².